The SMILES string of the molecule is C=C(C)CN(CC)C(=O)CN1CCc2ccccc21. The number of carbonyl (C=O) groups is 1. The maximum absolute atomic E-state index is 12.3. The number of carbonyl (C=O) groups excluding carboxylic acids is 1. The van der Waals surface area contributed by atoms with E-state index >= 15 is 0 Å². The monoisotopic (exact) mass is 258 g/mol. The Kier molecular flexibility index (Phi) is 4.25. The quantitative estimate of drug-likeness (QED) is 0.758. The van der Waals surface area contributed by atoms with Crippen molar-refractivity contribution in [2.45, 2.75) is 20.3 Å². The average molecular weight is 258 g/mol. The zero-order valence-corrected chi connectivity index (χ0v) is 11.9. The Hall–Kier alpha value is -1.77. The standard InChI is InChI=1S/C16H22N2O/c1-4-17(11-13(2)3)16(19)12-18-10-9-14-7-5-6-8-15(14)18/h5-8H,2,4,9-12H2,1,3H3. The van der Waals surface area contributed by atoms with E-state index in [4.69, 9.17) is 0 Å². The fraction of sp³-hybridized carbons (Fsp3) is 0.438. The van der Waals surface area contributed by atoms with Crippen LogP contribution in [0.3, 0.4) is 0 Å². The highest BCUT2D eigenvalue weighted by Crippen LogP contribution is 2.27. The van der Waals surface area contributed by atoms with Crippen LogP contribution in [0.2, 0.25) is 0 Å². The Balaban J connectivity index is 2.02. The van der Waals surface area contributed by atoms with Gasteiger partial charge in [0.2, 0.25) is 5.91 Å². The van der Waals surface area contributed by atoms with E-state index in [0.717, 1.165) is 25.1 Å². The second kappa shape index (κ2) is 5.91. The molecule has 19 heavy (non-hydrogen) atoms. The molecule has 3 nitrogen and oxygen atoms in total. The van der Waals surface area contributed by atoms with E-state index in [1.165, 1.54) is 11.3 Å². The molecule has 0 bridgehead atoms. The molecule has 1 aromatic carbocycles. The summed E-state index contributed by atoms with van der Waals surface area (Å²) in [6.45, 7) is 10.7. The third kappa shape index (κ3) is 3.16. The molecule has 2 rings (SSSR count). The molecular weight excluding hydrogens is 236 g/mol. The molecule has 1 heterocycles. The molecule has 3 heteroatoms. The number of rotatable bonds is 5. The Bertz CT molecular complexity index is 481. The van der Waals surface area contributed by atoms with E-state index in [9.17, 15) is 4.79 Å². The van der Waals surface area contributed by atoms with Crippen molar-refractivity contribution in [3.63, 3.8) is 0 Å². The predicted octanol–water partition coefficient (Wildman–Crippen LogP) is 2.47. The minimum absolute atomic E-state index is 0.183. The topological polar surface area (TPSA) is 23.6 Å². The van der Waals surface area contributed by atoms with E-state index in [2.05, 4.69) is 29.7 Å². The first-order valence-electron chi connectivity index (χ1n) is 6.86. The van der Waals surface area contributed by atoms with Gasteiger partial charge in [0.15, 0.2) is 0 Å². The van der Waals surface area contributed by atoms with E-state index in [-0.39, 0.29) is 5.91 Å². The Morgan fingerprint density at radius 2 is 2.16 bits per heavy atom. The van der Waals surface area contributed by atoms with Crippen molar-refractivity contribution < 1.29 is 4.79 Å². The maximum Gasteiger partial charge on any atom is 0.242 e. The summed E-state index contributed by atoms with van der Waals surface area (Å²) in [6, 6.07) is 8.34. The van der Waals surface area contributed by atoms with Gasteiger partial charge in [-0.05, 0) is 31.9 Å². The molecule has 0 aromatic heterocycles. The molecule has 0 unspecified atom stereocenters. The fourth-order valence-corrected chi connectivity index (χ4v) is 2.54. The second-order valence-corrected chi connectivity index (χ2v) is 5.17. The normalized spacial score (nSPS) is 13.3. The van der Waals surface area contributed by atoms with Crippen molar-refractivity contribution in [2.24, 2.45) is 0 Å². The van der Waals surface area contributed by atoms with Crippen LogP contribution < -0.4 is 4.90 Å². The lowest BCUT2D eigenvalue weighted by Gasteiger charge is -2.25. The number of benzene rings is 1. The van der Waals surface area contributed by atoms with Gasteiger partial charge >= 0.3 is 0 Å². The number of nitrogens with zero attached hydrogens (tertiary/aromatic N) is 2. The van der Waals surface area contributed by atoms with Crippen LogP contribution in [0.25, 0.3) is 0 Å². The largest absolute Gasteiger partial charge is 0.362 e. The lowest BCUT2D eigenvalue weighted by Crippen LogP contribution is -2.40. The zero-order chi connectivity index (χ0) is 13.8. The highest BCUT2D eigenvalue weighted by Gasteiger charge is 2.22. The van der Waals surface area contributed by atoms with Gasteiger partial charge in [0, 0.05) is 25.3 Å². The summed E-state index contributed by atoms with van der Waals surface area (Å²) < 4.78 is 0. The third-order valence-corrected chi connectivity index (χ3v) is 3.50. The fourth-order valence-electron chi connectivity index (χ4n) is 2.54. The smallest absolute Gasteiger partial charge is 0.242 e. The van der Waals surface area contributed by atoms with Crippen LogP contribution >= 0.6 is 0 Å². The molecule has 0 N–H and O–H groups in total. The number of amides is 1. The summed E-state index contributed by atoms with van der Waals surface area (Å²) in [4.78, 5) is 16.4. The van der Waals surface area contributed by atoms with Crippen molar-refractivity contribution in [1.82, 2.24) is 4.90 Å². The summed E-state index contributed by atoms with van der Waals surface area (Å²) in [5.41, 5.74) is 3.58. The molecule has 0 saturated carbocycles. The van der Waals surface area contributed by atoms with Crippen LogP contribution in [0.5, 0.6) is 0 Å². The molecule has 0 spiro atoms. The summed E-state index contributed by atoms with van der Waals surface area (Å²) in [7, 11) is 0. The lowest BCUT2D eigenvalue weighted by molar-refractivity contribution is -0.129. The number of fused-ring (bicyclic) bond motifs is 1. The van der Waals surface area contributed by atoms with E-state index in [1.54, 1.807) is 0 Å². The van der Waals surface area contributed by atoms with Gasteiger partial charge in [0.25, 0.3) is 0 Å². The Morgan fingerprint density at radius 1 is 1.42 bits per heavy atom. The summed E-state index contributed by atoms with van der Waals surface area (Å²) >= 11 is 0. The number of hydrogen-bond acceptors (Lipinski definition) is 2. The van der Waals surface area contributed by atoms with Crippen molar-refractivity contribution >= 4 is 11.6 Å². The summed E-state index contributed by atoms with van der Waals surface area (Å²) in [6.07, 6.45) is 1.04. The van der Waals surface area contributed by atoms with Gasteiger partial charge in [-0.3, -0.25) is 4.79 Å². The van der Waals surface area contributed by atoms with Crippen molar-refractivity contribution in [3.8, 4) is 0 Å². The van der Waals surface area contributed by atoms with E-state index in [0.29, 0.717) is 13.1 Å². The van der Waals surface area contributed by atoms with Gasteiger partial charge in [-0.25, -0.2) is 0 Å². The molecule has 1 aliphatic heterocycles. The van der Waals surface area contributed by atoms with Gasteiger partial charge in [-0.15, -0.1) is 0 Å². The molecule has 1 aromatic rings. The molecular formula is C16H22N2O. The highest BCUT2D eigenvalue weighted by atomic mass is 16.2. The van der Waals surface area contributed by atoms with E-state index < -0.39 is 0 Å². The van der Waals surface area contributed by atoms with Crippen LogP contribution in [0, 0.1) is 0 Å². The Morgan fingerprint density at radius 3 is 2.84 bits per heavy atom. The third-order valence-electron chi connectivity index (χ3n) is 3.50. The molecule has 0 fully saturated rings. The van der Waals surface area contributed by atoms with Crippen molar-refractivity contribution in [2.75, 3.05) is 31.1 Å². The van der Waals surface area contributed by atoms with Gasteiger partial charge in [-0.1, -0.05) is 30.4 Å². The predicted molar refractivity (Wildman–Crippen MR) is 79.4 cm³/mol. The van der Waals surface area contributed by atoms with Gasteiger partial charge in [0.1, 0.15) is 0 Å². The minimum Gasteiger partial charge on any atom is -0.362 e. The van der Waals surface area contributed by atoms with Crippen LogP contribution in [-0.2, 0) is 11.2 Å². The maximum atomic E-state index is 12.3. The molecule has 0 aliphatic carbocycles. The van der Waals surface area contributed by atoms with Crippen LogP contribution in [0.15, 0.2) is 36.4 Å². The first-order chi connectivity index (χ1) is 9.11. The second-order valence-electron chi connectivity index (χ2n) is 5.17. The van der Waals surface area contributed by atoms with Crippen LogP contribution in [-0.4, -0.2) is 37.0 Å². The van der Waals surface area contributed by atoms with Gasteiger partial charge < -0.3 is 9.80 Å². The van der Waals surface area contributed by atoms with E-state index in [1.807, 2.05) is 24.8 Å². The Labute approximate surface area is 115 Å². The van der Waals surface area contributed by atoms with Crippen molar-refractivity contribution in [1.29, 1.82) is 0 Å². The average Bonchev–Trinajstić information content (AvgIpc) is 2.79. The molecule has 102 valence electrons. The van der Waals surface area contributed by atoms with Crippen LogP contribution in [0.4, 0.5) is 5.69 Å². The summed E-state index contributed by atoms with van der Waals surface area (Å²) in [5, 5.41) is 0. The van der Waals surface area contributed by atoms with Gasteiger partial charge in [-0.2, -0.15) is 0 Å². The summed E-state index contributed by atoms with van der Waals surface area (Å²) in [5.74, 6) is 0.183. The number of likely N-dealkylation sites (N-methyl/N-ethyl adjacent to an activating group) is 1. The highest BCUT2D eigenvalue weighted by molar-refractivity contribution is 5.82. The lowest BCUT2D eigenvalue weighted by atomic mass is 10.2. The number of anilines is 1. The number of para-hydroxylation sites is 1. The molecule has 1 amide bonds. The van der Waals surface area contributed by atoms with Gasteiger partial charge in [0.05, 0.1) is 6.54 Å². The first kappa shape index (κ1) is 13.7. The molecule has 1 aliphatic rings. The van der Waals surface area contributed by atoms with Crippen LogP contribution in [0.1, 0.15) is 19.4 Å². The van der Waals surface area contributed by atoms with Crippen molar-refractivity contribution in [3.05, 3.63) is 42.0 Å². The molecule has 0 radical (unpaired) electrons. The zero-order valence-electron chi connectivity index (χ0n) is 11.9. The molecule has 0 saturated heterocycles. The minimum atomic E-state index is 0.183. The first-order valence-corrected chi connectivity index (χ1v) is 6.86. The number of hydrogen-bond donors (Lipinski definition) is 0. The molecule has 0 atom stereocenters.